The third-order valence-electron chi connectivity index (χ3n) is 2.64. The molecule has 0 saturated carbocycles. The summed E-state index contributed by atoms with van der Waals surface area (Å²) in [5.41, 5.74) is 1.44. The van der Waals surface area contributed by atoms with Crippen molar-refractivity contribution in [1.29, 1.82) is 0 Å². The van der Waals surface area contributed by atoms with Crippen LogP contribution in [0.1, 0.15) is 36.2 Å². The van der Waals surface area contributed by atoms with Crippen LogP contribution in [-0.2, 0) is 13.0 Å². The second-order valence-corrected chi connectivity index (χ2v) is 7.75. The van der Waals surface area contributed by atoms with E-state index in [-0.39, 0.29) is 5.54 Å². The summed E-state index contributed by atoms with van der Waals surface area (Å²) in [5.74, 6) is 0. The highest BCUT2D eigenvalue weighted by Crippen LogP contribution is 2.19. The van der Waals surface area contributed by atoms with Gasteiger partial charge in [0.05, 0.1) is 5.01 Å². The fourth-order valence-corrected chi connectivity index (χ4v) is 3.03. The molecule has 0 amide bonds. The van der Waals surface area contributed by atoms with Gasteiger partial charge in [0.1, 0.15) is 0 Å². The van der Waals surface area contributed by atoms with E-state index in [1.54, 1.807) is 11.3 Å². The van der Waals surface area contributed by atoms with E-state index in [1.165, 1.54) is 15.4 Å². The first-order valence-corrected chi connectivity index (χ1v) is 7.96. The monoisotopic (exact) mass is 338 g/mol. The number of hydrogen-bond acceptors (Lipinski definition) is 3. The van der Waals surface area contributed by atoms with Crippen LogP contribution >= 0.6 is 27.3 Å². The molecule has 1 N–H and O–H groups in total. The molecular weight excluding hydrogens is 320 g/mol. The van der Waals surface area contributed by atoms with Crippen molar-refractivity contribution in [1.82, 2.24) is 10.3 Å². The largest absolute Gasteiger partial charge is 0.307 e. The van der Waals surface area contributed by atoms with Gasteiger partial charge in [-0.2, -0.15) is 0 Å². The molecule has 0 aliphatic rings. The minimum absolute atomic E-state index is 0.147. The Kier molecular flexibility index (Phi) is 4.76. The number of nitrogens with zero attached hydrogens (tertiary/aromatic N) is 1. The summed E-state index contributed by atoms with van der Waals surface area (Å²) in [6.45, 7) is 7.42. The summed E-state index contributed by atoms with van der Waals surface area (Å²) in [6.07, 6.45) is 2.89. The minimum Gasteiger partial charge on any atom is -0.307 e. The predicted molar refractivity (Wildman–Crippen MR) is 85.7 cm³/mol. The van der Waals surface area contributed by atoms with Crippen molar-refractivity contribution in [3.05, 3.63) is 50.4 Å². The average Bonchev–Trinajstić information content (AvgIpc) is 2.73. The maximum absolute atomic E-state index is 4.51. The molecule has 2 rings (SSSR count). The zero-order chi connectivity index (χ0) is 13.9. The Bertz CT molecular complexity index is 543. The molecule has 0 aliphatic heterocycles. The van der Waals surface area contributed by atoms with E-state index in [4.69, 9.17) is 0 Å². The molecule has 1 aromatic carbocycles. The van der Waals surface area contributed by atoms with Crippen LogP contribution in [0.25, 0.3) is 0 Å². The smallest absolute Gasteiger partial charge is 0.0972 e. The maximum Gasteiger partial charge on any atom is 0.0972 e. The first-order chi connectivity index (χ1) is 8.92. The summed E-state index contributed by atoms with van der Waals surface area (Å²) in [4.78, 5) is 5.80. The Labute approximate surface area is 127 Å². The van der Waals surface area contributed by atoms with Gasteiger partial charge in [-0.3, -0.25) is 0 Å². The van der Waals surface area contributed by atoms with Crippen LogP contribution in [0.3, 0.4) is 0 Å². The first kappa shape index (κ1) is 14.7. The van der Waals surface area contributed by atoms with Crippen molar-refractivity contribution in [2.24, 2.45) is 0 Å². The molecule has 0 atom stereocenters. The Morgan fingerprint density at radius 3 is 2.79 bits per heavy atom. The van der Waals surface area contributed by atoms with Gasteiger partial charge in [0.2, 0.25) is 0 Å². The summed E-state index contributed by atoms with van der Waals surface area (Å²) < 4.78 is 1.12. The fraction of sp³-hybridized carbons (Fsp3) is 0.400. The lowest BCUT2D eigenvalue weighted by atomic mass is 10.1. The second-order valence-electron chi connectivity index (χ2n) is 5.63. The molecule has 0 fully saturated rings. The van der Waals surface area contributed by atoms with Crippen molar-refractivity contribution in [3.8, 4) is 0 Å². The van der Waals surface area contributed by atoms with Crippen molar-refractivity contribution in [2.75, 3.05) is 0 Å². The van der Waals surface area contributed by atoms with Gasteiger partial charge in [-0.05, 0) is 38.5 Å². The van der Waals surface area contributed by atoms with Gasteiger partial charge >= 0.3 is 0 Å². The van der Waals surface area contributed by atoms with Crippen LogP contribution in [0.15, 0.2) is 34.9 Å². The highest BCUT2D eigenvalue weighted by Gasteiger charge is 2.10. The van der Waals surface area contributed by atoms with Crippen LogP contribution in [0.5, 0.6) is 0 Å². The number of nitrogens with one attached hydrogen (secondary N) is 1. The third-order valence-corrected chi connectivity index (χ3v) is 4.13. The van der Waals surface area contributed by atoms with E-state index in [2.05, 4.69) is 65.2 Å². The SMILES string of the molecule is CC(C)(C)NCc1cnc(Cc2cccc(Br)c2)s1. The van der Waals surface area contributed by atoms with Crippen molar-refractivity contribution >= 4 is 27.3 Å². The van der Waals surface area contributed by atoms with E-state index in [0.29, 0.717) is 0 Å². The highest BCUT2D eigenvalue weighted by molar-refractivity contribution is 9.10. The molecule has 0 saturated heterocycles. The molecule has 2 nitrogen and oxygen atoms in total. The van der Waals surface area contributed by atoms with Crippen LogP contribution < -0.4 is 5.32 Å². The lowest BCUT2D eigenvalue weighted by Gasteiger charge is -2.19. The second kappa shape index (κ2) is 6.16. The molecule has 2 aromatic rings. The van der Waals surface area contributed by atoms with Crippen molar-refractivity contribution in [3.63, 3.8) is 0 Å². The van der Waals surface area contributed by atoms with Crippen LogP contribution in [0.2, 0.25) is 0 Å². The van der Waals surface area contributed by atoms with Crippen molar-refractivity contribution < 1.29 is 0 Å². The number of benzene rings is 1. The van der Waals surface area contributed by atoms with Crippen molar-refractivity contribution in [2.45, 2.75) is 39.3 Å². The Morgan fingerprint density at radius 2 is 2.11 bits per heavy atom. The van der Waals surface area contributed by atoms with E-state index >= 15 is 0 Å². The van der Waals surface area contributed by atoms with E-state index in [1.807, 2.05) is 12.3 Å². The van der Waals surface area contributed by atoms with Crippen LogP contribution in [0.4, 0.5) is 0 Å². The molecule has 0 spiro atoms. The van der Waals surface area contributed by atoms with Gasteiger partial charge in [-0.15, -0.1) is 11.3 Å². The summed E-state index contributed by atoms with van der Waals surface area (Å²) >= 11 is 5.29. The zero-order valence-electron chi connectivity index (χ0n) is 11.5. The number of thiazole rings is 1. The first-order valence-electron chi connectivity index (χ1n) is 6.35. The molecule has 0 radical (unpaired) electrons. The van der Waals surface area contributed by atoms with Crippen LogP contribution in [-0.4, -0.2) is 10.5 Å². The van der Waals surface area contributed by atoms with Gasteiger partial charge in [0.25, 0.3) is 0 Å². The summed E-state index contributed by atoms with van der Waals surface area (Å²) in [6, 6.07) is 8.40. The van der Waals surface area contributed by atoms with E-state index in [9.17, 15) is 0 Å². The van der Waals surface area contributed by atoms with E-state index < -0.39 is 0 Å². The van der Waals surface area contributed by atoms with E-state index in [0.717, 1.165) is 17.4 Å². The fourth-order valence-electron chi connectivity index (χ4n) is 1.69. The standard InChI is InChI=1S/C15H19BrN2S/c1-15(2,3)18-10-13-9-17-14(19-13)8-11-5-4-6-12(16)7-11/h4-7,9,18H,8,10H2,1-3H3. The molecule has 1 aromatic heterocycles. The Balaban J connectivity index is 1.97. The molecule has 102 valence electrons. The average molecular weight is 339 g/mol. The Morgan fingerprint density at radius 1 is 1.32 bits per heavy atom. The van der Waals surface area contributed by atoms with Gasteiger partial charge in [0.15, 0.2) is 0 Å². The topological polar surface area (TPSA) is 24.9 Å². The van der Waals surface area contributed by atoms with Crippen LogP contribution in [0, 0.1) is 0 Å². The molecular formula is C15H19BrN2S. The summed E-state index contributed by atoms with van der Waals surface area (Å²) in [7, 11) is 0. The Hall–Kier alpha value is -0.710. The minimum atomic E-state index is 0.147. The maximum atomic E-state index is 4.51. The number of aromatic nitrogens is 1. The molecule has 0 unspecified atom stereocenters. The third kappa shape index (κ3) is 5.05. The van der Waals surface area contributed by atoms with Gasteiger partial charge in [-0.1, -0.05) is 28.1 Å². The molecule has 0 bridgehead atoms. The number of halogens is 1. The van der Waals surface area contributed by atoms with Gasteiger partial charge in [-0.25, -0.2) is 4.98 Å². The van der Waals surface area contributed by atoms with Gasteiger partial charge < -0.3 is 5.32 Å². The lowest BCUT2D eigenvalue weighted by molar-refractivity contribution is 0.426. The number of rotatable bonds is 4. The summed E-state index contributed by atoms with van der Waals surface area (Å²) in [5, 5.41) is 4.66. The quantitative estimate of drug-likeness (QED) is 0.894. The lowest BCUT2D eigenvalue weighted by Crippen LogP contribution is -2.34. The number of hydrogen-bond donors (Lipinski definition) is 1. The molecule has 19 heavy (non-hydrogen) atoms. The molecule has 4 heteroatoms. The zero-order valence-corrected chi connectivity index (χ0v) is 13.9. The molecule has 1 heterocycles. The normalized spacial score (nSPS) is 11.8. The van der Waals surface area contributed by atoms with Gasteiger partial charge in [0, 0.05) is 34.1 Å². The predicted octanol–water partition coefficient (Wildman–Crippen LogP) is 4.38. The molecule has 0 aliphatic carbocycles. The highest BCUT2D eigenvalue weighted by atomic mass is 79.9.